The van der Waals surface area contributed by atoms with Crippen molar-refractivity contribution >= 4 is 34.4 Å². The molecule has 9 heteroatoms. The molecule has 1 N–H and O–H groups in total. The number of hydrogen-bond donors (Lipinski definition) is 1. The van der Waals surface area contributed by atoms with Gasteiger partial charge >= 0.3 is 6.18 Å². The first-order valence-corrected chi connectivity index (χ1v) is 9.70. The van der Waals surface area contributed by atoms with Crippen molar-refractivity contribution in [1.29, 1.82) is 5.26 Å². The fourth-order valence-electron chi connectivity index (χ4n) is 2.79. The maximum atomic E-state index is 13.0. The molecule has 29 heavy (non-hydrogen) atoms. The number of carbonyl (C=O) groups excluding carboxylic acids is 1. The first-order chi connectivity index (χ1) is 13.8. The van der Waals surface area contributed by atoms with Crippen LogP contribution in [-0.2, 0) is 11.0 Å². The van der Waals surface area contributed by atoms with Crippen LogP contribution < -0.4 is 4.90 Å². The Bertz CT molecular complexity index is 1070. The van der Waals surface area contributed by atoms with E-state index in [1.165, 1.54) is 17.0 Å². The number of nitrogens with one attached hydrogen (secondary N) is 1. The summed E-state index contributed by atoms with van der Waals surface area (Å²) in [5.74, 6) is -0.429. The summed E-state index contributed by atoms with van der Waals surface area (Å²) in [6.07, 6.45) is -4.50. The van der Waals surface area contributed by atoms with Crippen LogP contribution in [0.5, 0.6) is 0 Å². The number of nitrogens with zero attached hydrogens (tertiary/aromatic N) is 3. The Labute approximate surface area is 169 Å². The van der Waals surface area contributed by atoms with Gasteiger partial charge in [0.1, 0.15) is 0 Å². The number of aromatic amines is 1. The molecule has 0 aliphatic carbocycles. The molecule has 1 heterocycles. The zero-order chi connectivity index (χ0) is 21.0. The van der Waals surface area contributed by atoms with Crippen molar-refractivity contribution in [2.75, 3.05) is 17.2 Å². The lowest BCUT2D eigenvalue weighted by atomic mass is 10.1. The average molecular weight is 418 g/mol. The van der Waals surface area contributed by atoms with Gasteiger partial charge in [0.15, 0.2) is 5.16 Å². The molecule has 0 fully saturated rings. The molecule has 1 amide bonds. The summed E-state index contributed by atoms with van der Waals surface area (Å²) in [6, 6.07) is 12.2. The van der Waals surface area contributed by atoms with E-state index in [9.17, 15) is 18.0 Å². The Morgan fingerprint density at radius 1 is 1.28 bits per heavy atom. The number of anilines is 1. The molecule has 2 aromatic carbocycles. The predicted octanol–water partition coefficient (Wildman–Crippen LogP) is 4.93. The molecule has 0 aliphatic heterocycles. The summed E-state index contributed by atoms with van der Waals surface area (Å²) in [5.41, 5.74) is 1.95. The third-order valence-electron chi connectivity index (χ3n) is 4.18. The van der Waals surface area contributed by atoms with E-state index >= 15 is 0 Å². The maximum absolute atomic E-state index is 13.0. The molecule has 0 saturated carbocycles. The van der Waals surface area contributed by atoms with Crippen molar-refractivity contribution in [3.63, 3.8) is 0 Å². The van der Waals surface area contributed by atoms with Crippen LogP contribution in [0.1, 0.15) is 17.5 Å². The highest BCUT2D eigenvalue weighted by Crippen LogP contribution is 2.32. The van der Waals surface area contributed by atoms with Crippen molar-refractivity contribution in [1.82, 2.24) is 9.97 Å². The second-order valence-corrected chi connectivity index (χ2v) is 7.32. The lowest BCUT2D eigenvalue weighted by Crippen LogP contribution is -2.33. The van der Waals surface area contributed by atoms with Crippen LogP contribution in [-0.4, -0.2) is 28.2 Å². The number of rotatable bonds is 6. The number of carbonyl (C=O) groups is 1. The van der Waals surface area contributed by atoms with Crippen molar-refractivity contribution in [3.05, 3.63) is 53.6 Å². The first-order valence-electron chi connectivity index (χ1n) is 8.71. The Hall–Kier alpha value is -2.99. The number of thioether (sulfide) groups is 1. The molecular formula is C20H17F3N4OS. The van der Waals surface area contributed by atoms with E-state index in [-0.39, 0.29) is 24.4 Å². The maximum Gasteiger partial charge on any atom is 0.416 e. The van der Waals surface area contributed by atoms with Crippen molar-refractivity contribution in [2.45, 2.75) is 24.7 Å². The van der Waals surface area contributed by atoms with Crippen LogP contribution >= 0.6 is 11.8 Å². The average Bonchev–Trinajstić information content (AvgIpc) is 3.08. The zero-order valence-corrected chi connectivity index (χ0v) is 16.3. The monoisotopic (exact) mass is 418 g/mol. The van der Waals surface area contributed by atoms with Crippen molar-refractivity contribution in [2.24, 2.45) is 0 Å². The molecule has 3 rings (SSSR count). The second kappa shape index (κ2) is 8.57. The molecule has 0 atom stereocenters. The van der Waals surface area contributed by atoms with E-state index in [1.807, 2.05) is 31.2 Å². The van der Waals surface area contributed by atoms with E-state index in [0.29, 0.717) is 5.16 Å². The van der Waals surface area contributed by atoms with Gasteiger partial charge in [-0.25, -0.2) is 4.98 Å². The highest BCUT2D eigenvalue weighted by Gasteiger charge is 2.31. The van der Waals surface area contributed by atoms with Gasteiger partial charge in [0, 0.05) is 12.2 Å². The minimum Gasteiger partial charge on any atom is -0.333 e. The molecule has 0 bridgehead atoms. The molecule has 3 aromatic rings. The van der Waals surface area contributed by atoms with Crippen LogP contribution in [0.25, 0.3) is 11.0 Å². The molecule has 5 nitrogen and oxygen atoms in total. The van der Waals surface area contributed by atoms with E-state index in [1.54, 1.807) is 0 Å². The van der Waals surface area contributed by atoms with Gasteiger partial charge < -0.3 is 9.88 Å². The van der Waals surface area contributed by atoms with Gasteiger partial charge in [0.25, 0.3) is 0 Å². The zero-order valence-electron chi connectivity index (χ0n) is 15.5. The van der Waals surface area contributed by atoms with E-state index in [2.05, 4.69) is 9.97 Å². The molecule has 0 saturated heterocycles. The van der Waals surface area contributed by atoms with Crippen molar-refractivity contribution < 1.29 is 18.0 Å². The van der Waals surface area contributed by atoms with Crippen LogP contribution in [0, 0.1) is 18.3 Å². The Kier molecular flexibility index (Phi) is 6.13. The Morgan fingerprint density at radius 2 is 2.07 bits per heavy atom. The van der Waals surface area contributed by atoms with Gasteiger partial charge in [-0.1, -0.05) is 23.9 Å². The number of alkyl halides is 3. The van der Waals surface area contributed by atoms with Crippen LogP contribution in [0.15, 0.2) is 47.6 Å². The van der Waals surface area contributed by atoms with Gasteiger partial charge in [-0.05, 0) is 42.8 Å². The minimum absolute atomic E-state index is 0.0104. The fourth-order valence-corrected chi connectivity index (χ4v) is 3.55. The number of H-pyrrole nitrogens is 1. The molecule has 0 spiro atoms. The lowest BCUT2D eigenvalue weighted by Gasteiger charge is -2.22. The Morgan fingerprint density at radius 3 is 2.79 bits per heavy atom. The number of amides is 1. The van der Waals surface area contributed by atoms with Gasteiger partial charge in [0.2, 0.25) is 5.91 Å². The predicted molar refractivity (Wildman–Crippen MR) is 106 cm³/mol. The van der Waals surface area contributed by atoms with E-state index in [0.717, 1.165) is 40.5 Å². The lowest BCUT2D eigenvalue weighted by molar-refractivity contribution is -0.137. The number of aromatic nitrogens is 2. The number of halogens is 3. The number of nitriles is 1. The first kappa shape index (κ1) is 20.7. The van der Waals surface area contributed by atoms with Crippen molar-refractivity contribution in [3.8, 4) is 6.07 Å². The topological polar surface area (TPSA) is 72.8 Å². The fraction of sp³-hybridized carbons (Fsp3) is 0.250. The summed E-state index contributed by atoms with van der Waals surface area (Å²) in [6.45, 7) is 1.97. The van der Waals surface area contributed by atoms with Gasteiger partial charge in [-0.15, -0.1) is 0 Å². The number of hydrogen-bond acceptors (Lipinski definition) is 4. The van der Waals surface area contributed by atoms with Gasteiger partial charge in [-0.3, -0.25) is 4.79 Å². The number of imidazole rings is 1. The summed E-state index contributed by atoms with van der Waals surface area (Å²) < 4.78 is 39.0. The van der Waals surface area contributed by atoms with Crippen LogP contribution in [0.3, 0.4) is 0 Å². The number of aryl methyl sites for hydroxylation is 1. The molecule has 0 unspecified atom stereocenters. The molecule has 0 aliphatic rings. The third-order valence-corrected chi connectivity index (χ3v) is 5.04. The number of fused-ring (bicyclic) bond motifs is 1. The molecule has 150 valence electrons. The Balaban J connectivity index is 1.77. The summed E-state index contributed by atoms with van der Waals surface area (Å²) >= 11 is 1.16. The van der Waals surface area contributed by atoms with Gasteiger partial charge in [-0.2, -0.15) is 18.4 Å². The van der Waals surface area contributed by atoms with Gasteiger partial charge in [0.05, 0.1) is 34.8 Å². The highest BCUT2D eigenvalue weighted by molar-refractivity contribution is 7.99. The third kappa shape index (κ3) is 5.09. The molecular weight excluding hydrogens is 401 g/mol. The second-order valence-electron chi connectivity index (χ2n) is 6.35. The van der Waals surface area contributed by atoms with E-state index < -0.39 is 17.6 Å². The largest absolute Gasteiger partial charge is 0.416 e. The van der Waals surface area contributed by atoms with E-state index in [4.69, 9.17) is 5.26 Å². The summed E-state index contributed by atoms with van der Waals surface area (Å²) in [4.78, 5) is 21.5. The number of benzene rings is 2. The van der Waals surface area contributed by atoms with Crippen LogP contribution in [0.4, 0.5) is 18.9 Å². The smallest absolute Gasteiger partial charge is 0.333 e. The minimum atomic E-state index is -4.51. The van der Waals surface area contributed by atoms with Crippen LogP contribution in [0.2, 0.25) is 0 Å². The summed E-state index contributed by atoms with van der Waals surface area (Å²) in [5, 5.41) is 9.40. The molecule has 1 aromatic heterocycles. The summed E-state index contributed by atoms with van der Waals surface area (Å²) in [7, 11) is 0. The molecule has 0 radical (unpaired) electrons. The quantitative estimate of drug-likeness (QED) is 0.576. The standard InChI is InChI=1S/C20H17F3N4OS/c1-13-6-7-16-17(10-13)26-19(25-16)29-12-18(28)27(9-3-8-24)15-5-2-4-14(11-15)20(21,22)23/h2,4-7,10-11H,3,9,12H2,1H3,(H,25,26). The SMILES string of the molecule is Cc1ccc2nc(SCC(=O)N(CCC#N)c3cccc(C(F)(F)F)c3)[nH]c2c1. The highest BCUT2D eigenvalue weighted by atomic mass is 32.2. The normalized spacial score (nSPS) is 11.4.